The number of fused-ring (bicyclic) bond motifs is 1. The van der Waals surface area contributed by atoms with E-state index in [2.05, 4.69) is 0 Å². The molecule has 0 aliphatic rings. The van der Waals surface area contributed by atoms with Gasteiger partial charge in [0.2, 0.25) is 0 Å². The molecule has 1 N–H and O–H groups in total. The van der Waals surface area contributed by atoms with Gasteiger partial charge in [-0.2, -0.15) is 0 Å². The van der Waals surface area contributed by atoms with Crippen molar-refractivity contribution in [3.05, 3.63) is 64.5 Å². The predicted octanol–water partition coefficient (Wildman–Crippen LogP) is 5.17. The minimum atomic E-state index is -1.26. The van der Waals surface area contributed by atoms with E-state index in [0.29, 0.717) is 0 Å². The van der Waals surface area contributed by atoms with Crippen LogP contribution in [0.1, 0.15) is 15.9 Å². The molecule has 0 unspecified atom stereocenters. The second-order valence-electron chi connectivity index (χ2n) is 4.58. The van der Waals surface area contributed by atoms with E-state index < -0.39 is 17.6 Å². The lowest BCUT2D eigenvalue weighted by atomic mass is 10.1. The first kappa shape index (κ1) is 15.0. The summed E-state index contributed by atoms with van der Waals surface area (Å²) in [4.78, 5) is 12.1. The van der Waals surface area contributed by atoms with Crippen LogP contribution in [0.15, 0.2) is 46.7 Å². The number of carbonyl (C=O) groups is 1. The van der Waals surface area contributed by atoms with Gasteiger partial charge in [-0.15, -0.1) is 23.1 Å². The van der Waals surface area contributed by atoms with Gasteiger partial charge in [0.05, 0.1) is 5.56 Å². The highest BCUT2D eigenvalue weighted by molar-refractivity contribution is 7.98. The van der Waals surface area contributed by atoms with Crippen molar-refractivity contribution in [1.82, 2.24) is 0 Å². The van der Waals surface area contributed by atoms with Crippen molar-refractivity contribution < 1.29 is 18.7 Å². The molecule has 6 heteroatoms. The SMILES string of the molecule is O=C(O)c1ccc(F)c(F)c1CSc1cccc2ccsc12. The molecule has 0 atom stereocenters. The first-order valence-electron chi connectivity index (χ1n) is 6.37. The topological polar surface area (TPSA) is 37.3 Å². The largest absolute Gasteiger partial charge is 0.478 e. The molecule has 0 saturated heterocycles. The highest BCUT2D eigenvalue weighted by Crippen LogP contribution is 2.35. The number of halogens is 2. The Balaban J connectivity index is 1.95. The first-order chi connectivity index (χ1) is 10.6. The summed E-state index contributed by atoms with van der Waals surface area (Å²) in [6.07, 6.45) is 0. The van der Waals surface area contributed by atoms with Crippen LogP contribution in [0.3, 0.4) is 0 Å². The lowest BCUT2D eigenvalue weighted by Gasteiger charge is -2.09. The lowest BCUT2D eigenvalue weighted by Crippen LogP contribution is -2.06. The summed E-state index contributed by atoms with van der Waals surface area (Å²) >= 11 is 2.86. The number of rotatable bonds is 4. The third-order valence-corrected chi connectivity index (χ3v) is 5.42. The summed E-state index contributed by atoms with van der Waals surface area (Å²) < 4.78 is 28.4. The maximum Gasteiger partial charge on any atom is 0.336 e. The molecule has 0 bridgehead atoms. The van der Waals surface area contributed by atoms with Crippen LogP contribution in [-0.4, -0.2) is 11.1 Å². The number of benzene rings is 2. The number of aromatic carboxylic acids is 1. The highest BCUT2D eigenvalue weighted by atomic mass is 32.2. The molecular weight excluding hydrogens is 326 g/mol. The first-order valence-corrected chi connectivity index (χ1v) is 8.23. The minimum absolute atomic E-state index is 0.0578. The van der Waals surface area contributed by atoms with Crippen molar-refractivity contribution >= 4 is 39.2 Å². The fourth-order valence-corrected chi connectivity index (χ4v) is 4.30. The van der Waals surface area contributed by atoms with Crippen LogP contribution in [0.5, 0.6) is 0 Å². The molecule has 112 valence electrons. The van der Waals surface area contributed by atoms with Crippen LogP contribution >= 0.6 is 23.1 Å². The molecule has 2 aromatic carbocycles. The molecule has 22 heavy (non-hydrogen) atoms. The van der Waals surface area contributed by atoms with Crippen molar-refractivity contribution in [3.63, 3.8) is 0 Å². The van der Waals surface area contributed by atoms with Gasteiger partial charge in [0.25, 0.3) is 0 Å². The normalized spacial score (nSPS) is 11.0. The maximum absolute atomic E-state index is 13.9. The molecule has 0 radical (unpaired) electrons. The van der Waals surface area contributed by atoms with Crippen LogP contribution in [-0.2, 0) is 5.75 Å². The fourth-order valence-electron chi connectivity index (χ4n) is 2.16. The zero-order chi connectivity index (χ0) is 15.7. The van der Waals surface area contributed by atoms with E-state index in [4.69, 9.17) is 5.11 Å². The second-order valence-corrected chi connectivity index (χ2v) is 6.51. The average molecular weight is 336 g/mol. The Labute approximate surface area is 133 Å². The molecule has 3 aromatic rings. The van der Waals surface area contributed by atoms with Gasteiger partial charge in [-0.1, -0.05) is 12.1 Å². The maximum atomic E-state index is 13.9. The Morgan fingerprint density at radius 1 is 1.18 bits per heavy atom. The zero-order valence-electron chi connectivity index (χ0n) is 11.2. The Bertz CT molecular complexity index is 858. The third kappa shape index (κ3) is 2.71. The summed E-state index contributed by atoms with van der Waals surface area (Å²) in [6.45, 7) is 0. The molecule has 0 saturated carbocycles. The monoisotopic (exact) mass is 336 g/mol. The quantitative estimate of drug-likeness (QED) is 0.668. The van der Waals surface area contributed by atoms with Crippen LogP contribution < -0.4 is 0 Å². The molecule has 0 fully saturated rings. The van der Waals surface area contributed by atoms with Crippen molar-refractivity contribution in [3.8, 4) is 0 Å². The number of carboxylic acids is 1. The molecule has 0 spiro atoms. The van der Waals surface area contributed by atoms with Crippen molar-refractivity contribution in [2.24, 2.45) is 0 Å². The van der Waals surface area contributed by atoms with Gasteiger partial charge in [0.15, 0.2) is 11.6 Å². The Morgan fingerprint density at radius 3 is 2.77 bits per heavy atom. The Morgan fingerprint density at radius 2 is 2.00 bits per heavy atom. The van der Waals surface area contributed by atoms with Gasteiger partial charge in [-0.05, 0) is 35.0 Å². The number of carboxylic acid groups (broad SMARTS) is 1. The van der Waals surface area contributed by atoms with Crippen molar-refractivity contribution in [2.45, 2.75) is 10.6 Å². The Kier molecular flexibility index (Phi) is 4.13. The van der Waals surface area contributed by atoms with E-state index >= 15 is 0 Å². The second kappa shape index (κ2) is 6.06. The number of hydrogen-bond donors (Lipinski definition) is 1. The van der Waals surface area contributed by atoms with E-state index in [9.17, 15) is 13.6 Å². The van der Waals surface area contributed by atoms with Crippen LogP contribution in [0.2, 0.25) is 0 Å². The van der Waals surface area contributed by atoms with Gasteiger partial charge >= 0.3 is 5.97 Å². The van der Waals surface area contributed by atoms with Crippen molar-refractivity contribution in [1.29, 1.82) is 0 Å². The van der Waals surface area contributed by atoms with E-state index in [1.54, 1.807) is 11.3 Å². The fraction of sp³-hybridized carbons (Fsp3) is 0.0625. The van der Waals surface area contributed by atoms with Gasteiger partial charge in [0, 0.05) is 20.9 Å². The highest BCUT2D eigenvalue weighted by Gasteiger charge is 2.18. The predicted molar refractivity (Wildman–Crippen MR) is 84.7 cm³/mol. The van der Waals surface area contributed by atoms with Crippen LogP contribution in [0.4, 0.5) is 8.78 Å². The summed E-state index contributed by atoms with van der Waals surface area (Å²) in [6, 6.07) is 9.67. The van der Waals surface area contributed by atoms with Crippen LogP contribution in [0.25, 0.3) is 10.1 Å². The van der Waals surface area contributed by atoms with E-state index in [0.717, 1.165) is 27.1 Å². The number of thiophene rings is 1. The zero-order valence-corrected chi connectivity index (χ0v) is 12.8. The average Bonchev–Trinajstić information content (AvgIpc) is 2.97. The molecule has 0 aliphatic heterocycles. The molecule has 1 heterocycles. The molecule has 0 amide bonds. The van der Waals surface area contributed by atoms with Gasteiger partial charge in [0.1, 0.15) is 0 Å². The van der Waals surface area contributed by atoms with E-state index in [1.165, 1.54) is 11.8 Å². The summed E-state index contributed by atoms with van der Waals surface area (Å²) in [5, 5.41) is 12.2. The van der Waals surface area contributed by atoms with E-state index in [-0.39, 0.29) is 16.9 Å². The lowest BCUT2D eigenvalue weighted by molar-refractivity contribution is 0.0695. The van der Waals surface area contributed by atoms with Gasteiger partial charge in [-0.25, -0.2) is 13.6 Å². The molecule has 3 rings (SSSR count). The van der Waals surface area contributed by atoms with Gasteiger partial charge < -0.3 is 5.11 Å². The molecule has 2 nitrogen and oxygen atoms in total. The summed E-state index contributed by atoms with van der Waals surface area (Å²) in [5.74, 6) is -3.33. The van der Waals surface area contributed by atoms with Crippen molar-refractivity contribution in [2.75, 3.05) is 0 Å². The number of thioether (sulfide) groups is 1. The third-order valence-electron chi connectivity index (χ3n) is 3.24. The summed E-state index contributed by atoms with van der Waals surface area (Å²) in [7, 11) is 0. The molecule has 0 aliphatic carbocycles. The Hall–Kier alpha value is -1.92. The van der Waals surface area contributed by atoms with E-state index in [1.807, 2.05) is 29.6 Å². The standard InChI is InChI=1S/C16H10F2O2S2/c17-12-5-4-10(16(19)20)11(14(12)18)8-22-13-3-1-2-9-6-7-21-15(9)13/h1-7H,8H2,(H,19,20). The molecular formula is C16H10F2O2S2. The molecule has 1 aromatic heterocycles. The smallest absolute Gasteiger partial charge is 0.336 e. The summed E-state index contributed by atoms with van der Waals surface area (Å²) in [5.41, 5.74) is -0.323. The van der Waals surface area contributed by atoms with Gasteiger partial charge in [-0.3, -0.25) is 0 Å². The number of hydrogen-bond acceptors (Lipinski definition) is 3. The van der Waals surface area contributed by atoms with Crippen LogP contribution in [0, 0.1) is 11.6 Å². The minimum Gasteiger partial charge on any atom is -0.478 e.